The number of fused-ring (bicyclic) bond motifs is 1. The van der Waals surface area contributed by atoms with Crippen molar-refractivity contribution in [2.24, 2.45) is 0 Å². The number of benzene rings is 1. The van der Waals surface area contributed by atoms with Crippen molar-refractivity contribution in [2.75, 3.05) is 5.32 Å². The van der Waals surface area contributed by atoms with Crippen LogP contribution in [0.3, 0.4) is 0 Å². The first-order valence-electron chi connectivity index (χ1n) is 8.18. The number of nitrogens with zero attached hydrogens (tertiary/aromatic N) is 3. The lowest BCUT2D eigenvalue weighted by Gasteiger charge is -2.08. The lowest BCUT2D eigenvalue weighted by molar-refractivity contribution is 0.103. The van der Waals surface area contributed by atoms with Crippen molar-refractivity contribution >= 4 is 22.9 Å². The summed E-state index contributed by atoms with van der Waals surface area (Å²) in [4.78, 5) is 12.8. The predicted molar refractivity (Wildman–Crippen MR) is 95.3 cm³/mol. The van der Waals surface area contributed by atoms with Gasteiger partial charge in [-0.2, -0.15) is 0 Å². The summed E-state index contributed by atoms with van der Waals surface area (Å²) in [5, 5.41) is 13.5. The van der Waals surface area contributed by atoms with E-state index >= 15 is 0 Å². The van der Waals surface area contributed by atoms with Crippen molar-refractivity contribution in [3.05, 3.63) is 52.5 Å². The summed E-state index contributed by atoms with van der Waals surface area (Å²) in [6.07, 6.45) is 4.61. The Bertz CT molecular complexity index is 837. The van der Waals surface area contributed by atoms with Gasteiger partial charge in [-0.1, -0.05) is 12.5 Å². The molecule has 6 heteroatoms. The van der Waals surface area contributed by atoms with Gasteiger partial charge in [-0.3, -0.25) is 4.79 Å². The molecule has 2 aromatic heterocycles. The van der Waals surface area contributed by atoms with E-state index in [1.165, 1.54) is 30.6 Å². The SMILES string of the molecule is O=C(Nc1ccc(-c2nnc3n2CCCCC3)cc1)c1cccs1. The molecular formula is C18H18N4OS. The number of carbonyl (C=O) groups is 1. The van der Waals surface area contributed by atoms with Crippen molar-refractivity contribution in [1.82, 2.24) is 14.8 Å². The number of nitrogens with one attached hydrogen (secondary N) is 1. The van der Waals surface area contributed by atoms with Crippen LogP contribution in [0, 0.1) is 0 Å². The normalized spacial score (nSPS) is 14.0. The Morgan fingerprint density at radius 1 is 1.08 bits per heavy atom. The highest BCUT2D eigenvalue weighted by Crippen LogP contribution is 2.24. The summed E-state index contributed by atoms with van der Waals surface area (Å²) in [6, 6.07) is 11.5. The molecule has 1 aromatic carbocycles. The van der Waals surface area contributed by atoms with Crippen LogP contribution in [0.25, 0.3) is 11.4 Å². The molecule has 0 saturated heterocycles. The summed E-state index contributed by atoms with van der Waals surface area (Å²) in [6.45, 7) is 0.981. The van der Waals surface area contributed by atoms with E-state index in [1.807, 2.05) is 41.8 Å². The van der Waals surface area contributed by atoms with Gasteiger partial charge in [0.05, 0.1) is 4.88 Å². The number of rotatable bonds is 3. The summed E-state index contributed by atoms with van der Waals surface area (Å²) in [5.41, 5.74) is 1.82. The van der Waals surface area contributed by atoms with Crippen molar-refractivity contribution in [2.45, 2.75) is 32.2 Å². The molecule has 3 heterocycles. The molecule has 0 saturated carbocycles. The molecule has 0 unspecified atom stereocenters. The first-order valence-corrected chi connectivity index (χ1v) is 9.06. The molecule has 1 aliphatic rings. The summed E-state index contributed by atoms with van der Waals surface area (Å²) >= 11 is 1.44. The van der Waals surface area contributed by atoms with Crippen LogP contribution in [0.15, 0.2) is 41.8 Å². The van der Waals surface area contributed by atoms with E-state index in [1.54, 1.807) is 0 Å². The van der Waals surface area contributed by atoms with E-state index in [-0.39, 0.29) is 5.91 Å². The second-order valence-corrected chi connectivity index (χ2v) is 6.86. The zero-order valence-electron chi connectivity index (χ0n) is 13.2. The van der Waals surface area contributed by atoms with Gasteiger partial charge in [0.25, 0.3) is 5.91 Å². The van der Waals surface area contributed by atoms with Crippen LogP contribution >= 0.6 is 11.3 Å². The summed E-state index contributed by atoms with van der Waals surface area (Å²) in [5.74, 6) is 1.93. The number of aryl methyl sites for hydroxylation is 1. The zero-order chi connectivity index (χ0) is 16.4. The highest BCUT2D eigenvalue weighted by molar-refractivity contribution is 7.12. The Labute approximate surface area is 144 Å². The molecule has 3 aromatic rings. The van der Waals surface area contributed by atoms with Crippen molar-refractivity contribution in [1.29, 1.82) is 0 Å². The largest absolute Gasteiger partial charge is 0.321 e. The van der Waals surface area contributed by atoms with Crippen LogP contribution in [0.4, 0.5) is 5.69 Å². The summed E-state index contributed by atoms with van der Waals surface area (Å²) < 4.78 is 2.23. The Morgan fingerprint density at radius 3 is 2.75 bits per heavy atom. The van der Waals surface area contributed by atoms with E-state index in [2.05, 4.69) is 20.1 Å². The summed E-state index contributed by atoms with van der Waals surface area (Å²) in [7, 11) is 0. The molecule has 0 radical (unpaired) electrons. The number of amides is 1. The molecule has 0 fully saturated rings. The van der Waals surface area contributed by atoms with Gasteiger partial charge >= 0.3 is 0 Å². The molecular weight excluding hydrogens is 320 g/mol. The first-order chi connectivity index (χ1) is 11.8. The second-order valence-electron chi connectivity index (χ2n) is 5.91. The molecule has 4 rings (SSSR count). The lowest BCUT2D eigenvalue weighted by atomic mass is 10.2. The van der Waals surface area contributed by atoms with Gasteiger partial charge in [-0.05, 0) is 48.6 Å². The Morgan fingerprint density at radius 2 is 1.96 bits per heavy atom. The monoisotopic (exact) mass is 338 g/mol. The van der Waals surface area contributed by atoms with E-state index in [9.17, 15) is 4.79 Å². The minimum atomic E-state index is -0.0749. The van der Waals surface area contributed by atoms with Crippen LogP contribution in [0.5, 0.6) is 0 Å². The number of carbonyl (C=O) groups excluding carboxylic acids is 1. The van der Waals surface area contributed by atoms with Gasteiger partial charge in [0.2, 0.25) is 0 Å². The van der Waals surface area contributed by atoms with Crippen molar-refractivity contribution in [3.63, 3.8) is 0 Å². The Kier molecular flexibility index (Phi) is 4.13. The van der Waals surface area contributed by atoms with Crippen LogP contribution in [-0.2, 0) is 13.0 Å². The number of aromatic nitrogens is 3. The topological polar surface area (TPSA) is 59.8 Å². The molecule has 0 aliphatic carbocycles. The first kappa shape index (κ1) is 15.1. The Hall–Kier alpha value is -2.47. The van der Waals surface area contributed by atoms with Crippen LogP contribution < -0.4 is 5.32 Å². The third-order valence-electron chi connectivity index (χ3n) is 4.26. The van der Waals surface area contributed by atoms with Crippen LogP contribution in [0.1, 0.15) is 34.8 Å². The van der Waals surface area contributed by atoms with E-state index in [0.29, 0.717) is 4.88 Å². The zero-order valence-corrected chi connectivity index (χ0v) is 14.1. The van der Waals surface area contributed by atoms with E-state index < -0.39 is 0 Å². The second kappa shape index (κ2) is 6.57. The fourth-order valence-corrected chi connectivity index (χ4v) is 3.62. The molecule has 0 spiro atoms. The highest BCUT2D eigenvalue weighted by atomic mass is 32.1. The standard InChI is InChI=1S/C18H18N4OS/c23-18(15-5-4-12-24-15)19-14-9-7-13(8-10-14)17-21-20-16-6-2-1-3-11-22(16)17/h4-5,7-10,12H,1-3,6,11H2,(H,19,23). The van der Waals surface area contributed by atoms with Gasteiger partial charge in [0.15, 0.2) is 5.82 Å². The molecule has 0 atom stereocenters. The molecule has 1 N–H and O–H groups in total. The fourth-order valence-electron chi connectivity index (χ4n) is 3.00. The van der Waals surface area contributed by atoms with Gasteiger partial charge in [0, 0.05) is 24.2 Å². The van der Waals surface area contributed by atoms with Gasteiger partial charge in [-0.15, -0.1) is 21.5 Å². The quantitative estimate of drug-likeness (QED) is 0.785. The number of anilines is 1. The molecule has 1 aliphatic heterocycles. The number of hydrogen-bond acceptors (Lipinski definition) is 4. The molecule has 122 valence electrons. The molecule has 5 nitrogen and oxygen atoms in total. The third kappa shape index (κ3) is 2.97. The molecule has 1 amide bonds. The van der Waals surface area contributed by atoms with Crippen molar-refractivity contribution < 1.29 is 4.79 Å². The maximum Gasteiger partial charge on any atom is 0.265 e. The van der Waals surface area contributed by atoms with Crippen molar-refractivity contribution in [3.8, 4) is 11.4 Å². The van der Waals surface area contributed by atoms with Crippen LogP contribution in [-0.4, -0.2) is 20.7 Å². The predicted octanol–water partition coefficient (Wildman–Crippen LogP) is 3.99. The average Bonchev–Trinajstić information content (AvgIpc) is 3.22. The minimum Gasteiger partial charge on any atom is -0.321 e. The lowest BCUT2D eigenvalue weighted by Crippen LogP contribution is -2.09. The van der Waals surface area contributed by atoms with E-state index in [4.69, 9.17) is 0 Å². The Balaban J connectivity index is 1.54. The van der Waals surface area contributed by atoms with Gasteiger partial charge in [0.1, 0.15) is 5.82 Å². The number of thiophene rings is 1. The average molecular weight is 338 g/mol. The smallest absolute Gasteiger partial charge is 0.265 e. The number of hydrogen-bond donors (Lipinski definition) is 1. The van der Waals surface area contributed by atoms with Gasteiger partial charge < -0.3 is 9.88 Å². The van der Waals surface area contributed by atoms with E-state index in [0.717, 1.165) is 35.9 Å². The van der Waals surface area contributed by atoms with Crippen LogP contribution in [0.2, 0.25) is 0 Å². The fraction of sp³-hybridized carbons (Fsp3) is 0.278. The maximum atomic E-state index is 12.1. The maximum absolute atomic E-state index is 12.1. The highest BCUT2D eigenvalue weighted by Gasteiger charge is 2.16. The molecule has 24 heavy (non-hydrogen) atoms. The minimum absolute atomic E-state index is 0.0749. The van der Waals surface area contributed by atoms with Gasteiger partial charge in [-0.25, -0.2) is 0 Å². The third-order valence-corrected chi connectivity index (χ3v) is 5.12. The molecule has 0 bridgehead atoms.